The molecule has 6 heteroatoms. The van der Waals surface area contributed by atoms with Crippen molar-refractivity contribution in [3.63, 3.8) is 0 Å². The Hall–Kier alpha value is -0.170. The Morgan fingerprint density at radius 2 is 1.72 bits per heavy atom. The third kappa shape index (κ3) is 4.84. The maximum absolute atomic E-state index is 11.4. The first-order valence-corrected chi connectivity index (χ1v) is 8.62. The van der Waals surface area contributed by atoms with Gasteiger partial charge in [0.05, 0.1) is 6.26 Å². The highest BCUT2D eigenvalue weighted by molar-refractivity contribution is 7.88. The molecule has 0 aromatic carbocycles. The molecule has 0 radical (unpaired) electrons. The largest absolute Gasteiger partial charge is 0.313 e. The Kier molecular flexibility index (Phi) is 6.04. The van der Waals surface area contributed by atoms with Crippen molar-refractivity contribution in [3.8, 4) is 0 Å². The van der Waals surface area contributed by atoms with E-state index in [1.165, 1.54) is 6.26 Å². The van der Waals surface area contributed by atoms with Crippen LogP contribution in [0.5, 0.6) is 0 Å². The van der Waals surface area contributed by atoms with Gasteiger partial charge in [-0.15, -0.1) is 0 Å². The van der Waals surface area contributed by atoms with Gasteiger partial charge in [-0.05, 0) is 6.42 Å². The van der Waals surface area contributed by atoms with Crippen molar-refractivity contribution in [2.75, 3.05) is 39.0 Å². The highest BCUT2D eigenvalue weighted by Crippen LogP contribution is 2.11. The molecule has 1 saturated heterocycles. The molecule has 18 heavy (non-hydrogen) atoms. The van der Waals surface area contributed by atoms with E-state index in [0.717, 1.165) is 26.1 Å². The minimum Gasteiger partial charge on any atom is -0.313 e. The van der Waals surface area contributed by atoms with Crippen molar-refractivity contribution < 1.29 is 8.42 Å². The number of sulfonamides is 1. The Morgan fingerprint density at radius 1 is 1.17 bits per heavy atom. The van der Waals surface area contributed by atoms with Crippen LogP contribution < -0.4 is 5.32 Å². The quantitative estimate of drug-likeness (QED) is 0.761. The molecule has 1 aliphatic heterocycles. The van der Waals surface area contributed by atoms with Crippen LogP contribution >= 0.6 is 0 Å². The van der Waals surface area contributed by atoms with Crippen LogP contribution in [0, 0.1) is 0 Å². The van der Waals surface area contributed by atoms with E-state index in [4.69, 9.17) is 0 Å². The van der Waals surface area contributed by atoms with Crippen molar-refractivity contribution in [2.45, 2.75) is 39.3 Å². The summed E-state index contributed by atoms with van der Waals surface area (Å²) in [5, 5.41) is 3.46. The summed E-state index contributed by atoms with van der Waals surface area (Å²) < 4.78 is 24.5. The van der Waals surface area contributed by atoms with Gasteiger partial charge in [0.2, 0.25) is 10.0 Å². The van der Waals surface area contributed by atoms with E-state index in [1.54, 1.807) is 4.31 Å². The van der Waals surface area contributed by atoms with E-state index in [-0.39, 0.29) is 0 Å². The molecule has 0 saturated carbocycles. The number of hydrogen-bond acceptors (Lipinski definition) is 4. The molecule has 1 rings (SSSR count). The first-order chi connectivity index (χ1) is 8.34. The van der Waals surface area contributed by atoms with E-state index in [1.807, 2.05) is 0 Å². The predicted octanol–water partition coefficient (Wildman–Crippen LogP) is 0.340. The van der Waals surface area contributed by atoms with Gasteiger partial charge in [0.25, 0.3) is 0 Å². The average Bonchev–Trinajstić information content (AvgIpc) is 2.29. The number of nitrogens with one attached hydrogen (secondary N) is 1. The van der Waals surface area contributed by atoms with Crippen LogP contribution in [-0.2, 0) is 10.0 Å². The summed E-state index contributed by atoms with van der Waals surface area (Å²) in [7, 11) is -3.02. The highest BCUT2D eigenvalue weighted by atomic mass is 32.2. The van der Waals surface area contributed by atoms with Gasteiger partial charge < -0.3 is 5.32 Å². The second kappa shape index (κ2) is 6.84. The van der Waals surface area contributed by atoms with Gasteiger partial charge >= 0.3 is 0 Å². The zero-order chi connectivity index (χ0) is 13.8. The molecule has 5 nitrogen and oxygen atoms in total. The molecule has 1 N–H and O–H groups in total. The maximum Gasteiger partial charge on any atom is 0.211 e. The van der Waals surface area contributed by atoms with E-state index in [0.29, 0.717) is 25.2 Å². The van der Waals surface area contributed by atoms with Crippen molar-refractivity contribution in [1.82, 2.24) is 14.5 Å². The number of piperazine rings is 1. The van der Waals surface area contributed by atoms with Gasteiger partial charge in [-0.3, -0.25) is 4.90 Å². The second-order valence-corrected chi connectivity index (χ2v) is 7.31. The minimum absolute atomic E-state index is 0.497. The number of rotatable bonds is 6. The molecule has 1 atom stereocenters. The van der Waals surface area contributed by atoms with E-state index in [2.05, 4.69) is 31.0 Å². The van der Waals surface area contributed by atoms with Crippen LogP contribution in [0.25, 0.3) is 0 Å². The Morgan fingerprint density at radius 3 is 2.11 bits per heavy atom. The van der Waals surface area contributed by atoms with Crippen LogP contribution in [0.3, 0.4) is 0 Å². The fraction of sp³-hybridized carbons (Fsp3) is 1.00. The van der Waals surface area contributed by atoms with Crippen molar-refractivity contribution in [2.24, 2.45) is 0 Å². The zero-order valence-electron chi connectivity index (χ0n) is 12.0. The van der Waals surface area contributed by atoms with Gasteiger partial charge in [-0.1, -0.05) is 20.8 Å². The van der Waals surface area contributed by atoms with Gasteiger partial charge in [-0.25, -0.2) is 8.42 Å². The third-order valence-corrected chi connectivity index (χ3v) is 4.79. The third-order valence-electron chi connectivity index (χ3n) is 3.49. The first-order valence-electron chi connectivity index (χ1n) is 6.77. The van der Waals surface area contributed by atoms with Crippen molar-refractivity contribution >= 4 is 10.0 Å². The molecule has 0 bridgehead atoms. The van der Waals surface area contributed by atoms with Crippen LogP contribution in [0.2, 0.25) is 0 Å². The number of nitrogens with zero attached hydrogens (tertiary/aromatic N) is 2. The molecule has 0 spiro atoms. The smallest absolute Gasteiger partial charge is 0.211 e. The lowest BCUT2D eigenvalue weighted by atomic mass is 10.1. The normalized spacial score (nSPS) is 21.4. The molecule has 1 unspecified atom stereocenters. The zero-order valence-corrected chi connectivity index (χ0v) is 12.8. The molecular weight excluding hydrogens is 250 g/mol. The standard InChI is InChI=1S/C12H27N3O2S/c1-5-12(10-13-11(2)3)14-6-8-15(9-7-14)18(4,16)17/h11-13H,5-10H2,1-4H3. The molecule has 0 aliphatic carbocycles. The summed E-state index contributed by atoms with van der Waals surface area (Å²) in [4.78, 5) is 2.40. The Balaban J connectivity index is 2.45. The number of hydrogen-bond donors (Lipinski definition) is 1. The summed E-state index contributed by atoms with van der Waals surface area (Å²) in [6.45, 7) is 10.4. The van der Waals surface area contributed by atoms with E-state index in [9.17, 15) is 8.42 Å². The summed E-state index contributed by atoms with van der Waals surface area (Å²) in [5.74, 6) is 0. The van der Waals surface area contributed by atoms with Gasteiger partial charge in [-0.2, -0.15) is 4.31 Å². The van der Waals surface area contributed by atoms with E-state index >= 15 is 0 Å². The predicted molar refractivity (Wildman–Crippen MR) is 75.2 cm³/mol. The van der Waals surface area contributed by atoms with Crippen LogP contribution in [0.1, 0.15) is 27.2 Å². The van der Waals surface area contributed by atoms with Crippen LogP contribution in [0.15, 0.2) is 0 Å². The lowest BCUT2D eigenvalue weighted by molar-refractivity contribution is 0.130. The summed E-state index contributed by atoms with van der Waals surface area (Å²) in [6, 6.07) is 1.01. The molecule has 1 fully saturated rings. The molecule has 1 aliphatic rings. The molecule has 0 aromatic rings. The molecule has 108 valence electrons. The maximum atomic E-state index is 11.4. The molecule has 0 aromatic heterocycles. The molecular formula is C12H27N3O2S. The molecule has 1 heterocycles. The summed E-state index contributed by atoms with van der Waals surface area (Å²) in [5.41, 5.74) is 0. The fourth-order valence-corrected chi connectivity index (χ4v) is 3.13. The van der Waals surface area contributed by atoms with Crippen LogP contribution in [0.4, 0.5) is 0 Å². The van der Waals surface area contributed by atoms with Crippen molar-refractivity contribution in [1.29, 1.82) is 0 Å². The van der Waals surface area contributed by atoms with Crippen LogP contribution in [-0.4, -0.2) is 68.7 Å². The summed E-state index contributed by atoms with van der Waals surface area (Å²) >= 11 is 0. The monoisotopic (exact) mass is 277 g/mol. The van der Waals surface area contributed by atoms with E-state index < -0.39 is 10.0 Å². The second-order valence-electron chi connectivity index (χ2n) is 5.32. The topological polar surface area (TPSA) is 52.6 Å². The fourth-order valence-electron chi connectivity index (χ4n) is 2.30. The minimum atomic E-state index is -3.02. The van der Waals surface area contributed by atoms with Gasteiger partial charge in [0.15, 0.2) is 0 Å². The van der Waals surface area contributed by atoms with Gasteiger partial charge in [0, 0.05) is 44.8 Å². The highest BCUT2D eigenvalue weighted by Gasteiger charge is 2.26. The van der Waals surface area contributed by atoms with Gasteiger partial charge in [0.1, 0.15) is 0 Å². The molecule has 0 amide bonds. The lowest BCUT2D eigenvalue weighted by Crippen LogP contribution is -2.54. The Labute approximate surface area is 112 Å². The Bertz CT molecular complexity index is 335. The first kappa shape index (κ1) is 15.9. The average molecular weight is 277 g/mol. The SMILES string of the molecule is CCC(CNC(C)C)N1CCN(S(C)(=O)=O)CC1. The lowest BCUT2D eigenvalue weighted by Gasteiger charge is -2.38. The summed E-state index contributed by atoms with van der Waals surface area (Å²) in [6.07, 6.45) is 2.39. The van der Waals surface area contributed by atoms with Crippen molar-refractivity contribution in [3.05, 3.63) is 0 Å².